The van der Waals surface area contributed by atoms with Crippen molar-refractivity contribution in [3.05, 3.63) is 34.3 Å². The minimum atomic E-state index is -0.0654. The zero-order valence-corrected chi connectivity index (χ0v) is 16.2. The fourth-order valence-electron chi connectivity index (χ4n) is 5.87. The van der Waals surface area contributed by atoms with E-state index >= 15 is 0 Å². The fraction of sp³-hybridized carbons (Fsp3) is 0.714. The Morgan fingerprint density at radius 2 is 1.84 bits per heavy atom. The Kier molecular flexibility index (Phi) is 4.64. The Hall–Kier alpha value is -0.610. The number of nitrogens with zero attached hydrogens (tertiary/aromatic N) is 1. The third-order valence-electron chi connectivity index (χ3n) is 7.24. The van der Waals surface area contributed by atoms with Gasteiger partial charge in [-0.2, -0.15) is 0 Å². The van der Waals surface area contributed by atoms with Crippen molar-refractivity contribution in [2.75, 3.05) is 13.1 Å². The number of hydrogen-bond donors (Lipinski definition) is 2. The van der Waals surface area contributed by atoms with Crippen LogP contribution in [-0.4, -0.2) is 35.1 Å². The van der Waals surface area contributed by atoms with Crippen LogP contribution in [0.15, 0.2) is 18.2 Å². The smallest absolute Gasteiger partial charge is 0.0409 e. The third-order valence-corrected chi connectivity index (χ3v) is 7.47. The zero-order chi connectivity index (χ0) is 17.7. The monoisotopic (exact) mass is 361 g/mol. The molecule has 4 N–H and O–H groups in total. The van der Waals surface area contributed by atoms with E-state index in [1.165, 1.54) is 36.8 Å². The van der Waals surface area contributed by atoms with Crippen molar-refractivity contribution in [1.29, 1.82) is 0 Å². The van der Waals surface area contributed by atoms with Gasteiger partial charge in [0.25, 0.3) is 0 Å². The third kappa shape index (κ3) is 3.37. The average molecular weight is 362 g/mol. The summed E-state index contributed by atoms with van der Waals surface area (Å²) in [5, 5.41) is 0.859. The molecular formula is C21H32ClN3. The standard InChI is InChI=1S/C21H32ClN3/c1-15-4-5-17(22)13-18(15)16-6-11-25(12-7-16)19-3-2-8-20(23)9-10-21(19,24)14-20/h4-5,13,16,19H,2-3,6-12,14,23-24H2,1H3/t19?,20-,21-/m1/s1. The number of nitrogens with two attached hydrogens (primary N) is 2. The van der Waals surface area contributed by atoms with Crippen LogP contribution in [0.3, 0.4) is 0 Å². The maximum Gasteiger partial charge on any atom is 0.0409 e. The van der Waals surface area contributed by atoms with E-state index in [0.717, 1.165) is 43.8 Å². The summed E-state index contributed by atoms with van der Waals surface area (Å²) in [6.45, 7) is 4.51. The lowest BCUT2D eigenvalue weighted by atomic mass is 9.82. The summed E-state index contributed by atoms with van der Waals surface area (Å²) in [4.78, 5) is 2.69. The highest BCUT2D eigenvalue weighted by atomic mass is 35.5. The number of piperidine rings is 1. The molecular weight excluding hydrogens is 330 g/mol. The van der Waals surface area contributed by atoms with Crippen LogP contribution in [0, 0.1) is 6.92 Å². The number of likely N-dealkylation sites (tertiary alicyclic amines) is 1. The predicted octanol–water partition coefficient (Wildman–Crippen LogP) is 3.96. The molecule has 1 saturated heterocycles. The first-order valence-electron chi connectivity index (χ1n) is 9.96. The molecule has 2 aliphatic carbocycles. The maximum atomic E-state index is 6.91. The second-order valence-electron chi connectivity index (χ2n) is 8.99. The Morgan fingerprint density at radius 3 is 2.60 bits per heavy atom. The minimum absolute atomic E-state index is 0.0136. The number of hydrogen-bond acceptors (Lipinski definition) is 3. The van der Waals surface area contributed by atoms with Crippen molar-refractivity contribution in [1.82, 2.24) is 4.90 Å². The molecule has 1 heterocycles. The maximum absolute atomic E-state index is 6.91. The van der Waals surface area contributed by atoms with E-state index in [4.69, 9.17) is 23.1 Å². The van der Waals surface area contributed by atoms with Gasteiger partial charge in [-0.3, -0.25) is 4.90 Å². The summed E-state index contributed by atoms with van der Waals surface area (Å²) in [5.74, 6) is 0.631. The second kappa shape index (κ2) is 6.53. The van der Waals surface area contributed by atoms with E-state index in [1.54, 1.807) is 0 Å². The molecule has 3 nitrogen and oxygen atoms in total. The predicted molar refractivity (Wildman–Crippen MR) is 105 cm³/mol. The molecule has 1 aromatic rings. The molecule has 4 rings (SSSR count). The minimum Gasteiger partial charge on any atom is -0.325 e. The van der Waals surface area contributed by atoms with Crippen LogP contribution in [0.4, 0.5) is 0 Å². The molecule has 2 bridgehead atoms. The van der Waals surface area contributed by atoms with Crippen LogP contribution in [0.1, 0.15) is 68.4 Å². The Labute approximate surface area is 157 Å². The first-order chi connectivity index (χ1) is 11.9. The van der Waals surface area contributed by atoms with Gasteiger partial charge in [0.1, 0.15) is 0 Å². The lowest BCUT2D eigenvalue weighted by molar-refractivity contribution is 0.0877. The quantitative estimate of drug-likeness (QED) is 0.838. The molecule has 2 saturated carbocycles. The van der Waals surface area contributed by atoms with Gasteiger partial charge in [-0.1, -0.05) is 17.7 Å². The molecule has 4 heteroatoms. The summed E-state index contributed by atoms with van der Waals surface area (Å²) in [6, 6.07) is 6.84. The first kappa shape index (κ1) is 17.8. The molecule has 1 aromatic carbocycles. The number of aryl methyl sites for hydroxylation is 1. The number of benzene rings is 1. The van der Waals surface area contributed by atoms with Crippen LogP contribution >= 0.6 is 11.6 Å². The molecule has 1 unspecified atom stereocenters. The number of fused-ring (bicyclic) bond motifs is 2. The summed E-state index contributed by atoms with van der Waals surface area (Å²) < 4.78 is 0. The van der Waals surface area contributed by atoms with E-state index in [2.05, 4.69) is 24.0 Å². The van der Waals surface area contributed by atoms with Crippen molar-refractivity contribution < 1.29 is 0 Å². The number of rotatable bonds is 2. The molecule has 3 aliphatic rings. The molecule has 0 spiro atoms. The molecule has 0 aromatic heterocycles. The van der Waals surface area contributed by atoms with E-state index in [-0.39, 0.29) is 11.1 Å². The van der Waals surface area contributed by atoms with Crippen molar-refractivity contribution in [2.45, 2.75) is 81.3 Å². The van der Waals surface area contributed by atoms with Gasteiger partial charge in [0.2, 0.25) is 0 Å². The molecule has 138 valence electrons. The zero-order valence-electron chi connectivity index (χ0n) is 15.4. The van der Waals surface area contributed by atoms with Gasteiger partial charge < -0.3 is 11.5 Å². The topological polar surface area (TPSA) is 55.3 Å². The second-order valence-corrected chi connectivity index (χ2v) is 9.43. The lowest BCUT2D eigenvalue weighted by Gasteiger charge is -2.45. The van der Waals surface area contributed by atoms with Gasteiger partial charge in [0.05, 0.1) is 0 Å². The van der Waals surface area contributed by atoms with E-state index < -0.39 is 0 Å². The largest absolute Gasteiger partial charge is 0.325 e. The van der Waals surface area contributed by atoms with Crippen LogP contribution in [0.25, 0.3) is 0 Å². The van der Waals surface area contributed by atoms with Crippen LogP contribution in [0.5, 0.6) is 0 Å². The van der Waals surface area contributed by atoms with Crippen molar-refractivity contribution in [3.63, 3.8) is 0 Å². The van der Waals surface area contributed by atoms with Crippen molar-refractivity contribution in [2.24, 2.45) is 11.5 Å². The van der Waals surface area contributed by atoms with Gasteiger partial charge in [-0.15, -0.1) is 0 Å². The van der Waals surface area contributed by atoms with E-state index in [0.29, 0.717) is 12.0 Å². The Balaban J connectivity index is 1.46. The molecule has 3 fully saturated rings. The fourth-order valence-corrected chi connectivity index (χ4v) is 6.05. The summed E-state index contributed by atoms with van der Waals surface area (Å²) >= 11 is 6.24. The summed E-state index contributed by atoms with van der Waals surface area (Å²) in [5.41, 5.74) is 16.3. The molecule has 1 aliphatic heterocycles. The molecule has 3 atom stereocenters. The van der Waals surface area contributed by atoms with Gasteiger partial charge in [0, 0.05) is 22.1 Å². The molecule has 25 heavy (non-hydrogen) atoms. The highest BCUT2D eigenvalue weighted by molar-refractivity contribution is 6.30. The average Bonchev–Trinajstić information content (AvgIpc) is 2.82. The lowest BCUT2D eigenvalue weighted by Crippen LogP contribution is -2.58. The van der Waals surface area contributed by atoms with Crippen LogP contribution in [-0.2, 0) is 0 Å². The van der Waals surface area contributed by atoms with Crippen LogP contribution in [0.2, 0.25) is 5.02 Å². The number of halogens is 1. The molecule has 0 amide bonds. The van der Waals surface area contributed by atoms with Crippen molar-refractivity contribution in [3.8, 4) is 0 Å². The normalized spacial score (nSPS) is 37.2. The van der Waals surface area contributed by atoms with Gasteiger partial charge in [-0.25, -0.2) is 0 Å². The highest BCUT2D eigenvalue weighted by Crippen LogP contribution is 2.46. The molecule has 0 radical (unpaired) electrons. The Morgan fingerprint density at radius 1 is 1.08 bits per heavy atom. The van der Waals surface area contributed by atoms with E-state index in [9.17, 15) is 0 Å². The first-order valence-corrected chi connectivity index (χ1v) is 10.3. The van der Waals surface area contributed by atoms with Gasteiger partial charge in [-0.05, 0) is 101 Å². The highest BCUT2D eigenvalue weighted by Gasteiger charge is 2.51. The SMILES string of the molecule is Cc1ccc(Cl)cc1C1CCN(C2CCC[C@@]3(N)CC[C@@]2(N)C3)CC1. The Bertz CT molecular complexity index is 636. The summed E-state index contributed by atoms with van der Waals surface area (Å²) in [7, 11) is 0. The van der Waals surface area contributed by atoms with Crippen LogP contribution < -0.4 is 11.5 Å². The summed E-state index contributed by atoms with van der Waals surface area (Å²) in [6.07, 6.45) is 9.24. The van der Waals surface area contributed by atoms with Crippen molar-refractivity contribution >= 4 is 11.6 Å². The van der Waals surface area contributed by atoms with Gasteiger partial charge in [0.15, 0.2) is 0 Å². The van der Waals surface area contributed by atoms with E-state index in [1.807, 2.05) is 6.07 Å². The van der Waals surface area contributed by atoms with Gasteiger partial charge >= 0.3 is 0 Å².